The first-order valence-electron chi connectivity index (χ1n) is 18.5. The molecule has 7 rings (SSSR count). The van der Waals surface area contributed by atoms with E-state index in [-0.39, 0.29) is 30.8 Å². The number of H-pyrrole nitrogens is 2. The summed E-state index contributed by atoms with van der Waals surface area (Å²) in [6.07, 6.45) is -17.7. The first kappa shape index (κ1) is 58.4. The number of fused-ring (bicyclic) bond motifs is 2. The Hall–Kier alpha value is -5.92. The van der Waals surface area contributed by atoms with Gasteiger partial charge in [-0.1, -0.05) is 14.9 Å². The number of aromatic amines is 2. The Balaban J connectivity index is 0.000000283. The van der Waals surface area contributed by atoms with Gasteiger partial charge in [-0.15, -0.1) is 0 Å². The molecule has 70 heavy (non-hydrogen) atoms. The first-order valence-corrected chi connectivity index (χ1v) is 19.2. The van der Waals surface area contributed by atoms with Crippen molar-refractivity contribution in [3.8, 4) is 11.3 Å². The standard InChI is InChI=1S/C15H8F8N4O2.C12H16BF5N2O2.C9H4BrF3N2O2.2CH4/c16-13(17,15(21,22)23)6-26-3-2-8(25-26)10-11(14(18,19)20)24-9-5-7(28)1-4-27(9)12(10)29;1-9(2)10(3,4)22-13(21-9)8-5-6-20(19-8)7-11(14,15)12(16,17)18;10-6-7(9(11,12)13)14-5-3-4(16)1-2-15(5)8(6)17;;/h1-5,24H,6H2;5-6H,7H2,1-4H3;1-3,14H;2*1H4. The zero-order valence-electron chi connectivity index (χ0n) is 34.3. The van der Waals surface area contributed by atoms with Crippen LogP contribution in [0.15, 0.2) is 84.8 Å². The van der Waals surface area contributed by atoms with Crippen molar-refractivity contribution < 1.29 is 79.6 Å². The Bertz CT molecular complexity index is 3060. The van der Waals surface area contributed by atoms with Crippen molar-refractivity contribution >= 4 is 39.9 Å². The van der Waals surface area contributed by atoms with Crippen LogP contribution < -0.4 is 27.6 Å². The zero-order valence-corrected chi connectivity index (χ0v) is 35.9. The van der Waals surface area contributed by atoms with Crippen LogP contribution in [0.25, 0.3) is 22.6 Å². The van der Waals surface area contributed by atoms with E-state index in [1.807, 2.05) is 9.97 Å². The van der Waals surface area contributed by atoms with Crippen LogP contribution in [0, 0.1) is 0 Å². The van der Waals surface area contributed by atoms with Gasteiger partial charge in [-0.3, -0.25) is 37.3 Å². The fourth-order valence-corrected chi connectivity index (χ4v) is 6.21. The van der Waals surface area contributed by atoms with E-state index in [9.17, 15) is 89.4 Å². The molecule has 1 aliphatic heterocycles. The van der Waals surface area contributed by atoms with Gasteiger partial charge >= 0.3 is 43.7 Å². The third-order valence-corrected chi connectivity index (χ3v) is 10.6. The van der Waals surface area contributed by atoms with E-state index in [2.05, 4.69) is 26.1 Å². The second kappa shape index (κ2) is 19.7. The molecule has 0 aliphatic carbocycles. The maximum Gasteiger partial charge on any atom is 0.516 e. The number of halogens is 17. The lowest BCUT2D eigenvalue weighted by molar-refractivity contribution is -0.287. The molecule has 1 aliphatic rings. The number of hydrogen-bond donors (Lipinski definition) is 2. The van der Waals surface area contributed by atoms with Crippen LogP contribution in [0.2, 0.25) is 0 Å². The van der Waals surface area contributed by atoms with E-state index in [0.717, 1.165) is 47.3 Å². The average molecular weight is 1100 g/mol. The van der Waals surface area contributed by atoms with Crippen molar-refractivity contribution in [3.05, 3.63) is 118 Å². The van der Waals surface area contributed by atoms with Crippen molar-refractivity contribution in [1.29, 1.82) is 0 Å². The minimum atomic E-state index is -5.90. The van der Waals surface area contributed by atoms with E-state index < -0.39 is 123 Å². The van der Waals surface area contributed by atoms with Crippen LogP contribution in [-0.4, -0.2) is 80.8 Å². The first-order chi connectivity index (χ1) is 30.8. The molecule has 0 unspecified atom stereocenters. The fourth-order valence-electron chi connectivity index (χ4n) is 5.69. The van der Waals surface area contributed by atoms with Crippen molar-refractivity contribution in [3.63, 3.8) is 0 Å². The summed E-state index contributed by atoms with van der Waals surface area (Å²) in [6, 6.07) is 5.62. The largest absolute Gasteiger partial charge is 0.516 e. The summed E-state index contributed by atoms with van der Waals surface area (Å²) in [5.74, 6) is -10.1. The number of nitrogens with zero attached hydrogens (tertiary/aromatic N) is 6. The quantitative estimate of drug-likeness (QED) is 0.124. The second-order valence-electron chi connectivity index (χ2n) is 15.4. The molecule has 6 aromatic heterocycles. The lowest BCUT2D eigenvalue weighted by Gasteiger charge is -2.32. The average Bonchev–Trinajstić information content (AvgIpc) is 3.88. The third-order valence-electron chi connectivity index (χ3n) is 9.84. The van der Waals surface area contributed by atoms with E-state index >= 15 is 0 Å². The number of hydrogen-bond acceptors (Lipinski definition) is 8. The van der Waals surface area contributed by atoms with Crippen LogP contribution in [0.3, 0.4) is 0 Å². The summed E-state index contributed by atoms with van der Waals surface area (Å²) < 4.78 is 217. The Morgan fingerprint density at radius 3 is 1.41 bits per heavy atom. The van der Waals surface area contributed by atoms with Crippen LogP contribution in [-0.2, 0) is 34.8 Å². The number of alkyl halides is 16. The highest BCUT2D eigenvalue weighted by Gasteiger charge is 2.59. The number of rotatable bonds is 6. The van der Waals surface area contributed by atoms with Gasteiger partial charge in [0.2, 0.25) is 0 Å². The molecule has 2 N–H and O–H groups in total. The highest BCUT2D eigenvalue weighted by Crippen LogP contribution is 2.40. The minimum absolute atomic E-state index is 0. The molecule has 0 saturated carbocycles. The van der Waals surface area contributed by atoms with E-state index in [4.69, 9.17) is 9.31 Å². The van der Waals surface area contributed by atoms with Crippen molar-refractivity contribution in [2.45, 2.75) is 103 Å². The van der Waals surface area contributed by atoms with Gasteiger partial charge in [-0.25, -0.2) is 0 Å². The van der Waals surface area contributed by atoms with E-state index in [1.165, 1.54) is 6.07 Å². The highest BCUT2D eigenvalue weighted by atomic mass is 79.9. The van der Waals surface area contributed by atoms with Crippen molar-refractivity contribution in [2.75, 3.05) is 0 Å². The minimum Gasteiger partial charge on any atom is -0.398 e. The predicted molar refractivity (Wildman–Crippen MR) is 221 cm³/mol. The second-order valence-corrected chi connectivity index (χ2v) is 16.2. The van der Waals surface area contributed by atoms with Crippen LogP contribution >= 0.6 is 15.9 Å². The molecule has 386 valence electrons. The summed E-state index contributed by atoms with van der Waals surface area (Å²) in [7, 11) is -0.911. The Morgan fingerprint density at radius 2 is 0.986 bits per heavy atom. The third kappa shape index (κ3) is 12.3. The molecule has 1 fully saturated rings. The molecule has 0 amide bonds. The zero-order chi connectivity index (χ0) is 51.5. The monoisotopic (exact) mass is 1090 g/mol. The summed E-state index contributed by atoms with van der Waals surface area (Å²) >= 11 is 2.59. The molecule has 0 spiro atoms. The SMILES string of the molecule is C.C.CC1(C)OB(c2ccn(CC(F)(F)C(F)(F)F)n2)OC1(C)C.O=c1ccn2c(=O)c(-c3ccn(CC(F)(F)C(F)(F)F)n3)c(C(F)(F)F)[nH]c2c1.O=c1ccn2c(=O)c(Br)c(C(F)(F)F)[nH]c2c1. The predicted octanol–water partition coefficient (Wildman–Crippen LogP) is 8.49. The molecule has 14 nitrogen and oxygen atoms in total. The number of nitrogens with one attached hydrogen (secondary N) is 2. The topological polar surface area (TPSA) is 163 Å². The van der Waals surface area contributed by atoms with Crippen molar-refractivity contribution in [1.82, 2.24) is 38.3 Å². The van der Waals surface area contributed by atoms with Crippen LogP contribution in [0.5, 0.6) is 0 Å². The molecular formula is C38H36BBrF16N8O6. The highest BCUT2D eigenvalue weighted by molar-refractivity contribution is 9.10. The van der Waals surface area contributed by atoms with Gasteiger partial charge in [0.25, 0.3) is 11.1 Å². The van der Waals surface area contributed by atoms with E-state index in [1.54, 1.807) is 27.7 Å². The molecule has 7 heterocycles. The van der Waals surface area contributed by atoms with Gasteiger partial charge in [0, 0.05) is 49.1 Å². The maximum atomic E-state index is 13.4. The number of aromatic nitrogens is 8. The van der Waals surface area contributed by atoms with Gasteiger partial charge in [0.15, 0.2) is 10.9 Å². The van der Waals surface area contributed by atoms with Gasteiger partial charge in [0.05, 0.1) is 28.1 Å². The molecule has 32 heteroatoms. The number of pyridine rings is 2. The lowest BCUT2D eigenvalue weighted by Crippen LogP contribution is -2.41. The summed E-state index contributed by atoms with van der Waals surface area (Å²) in [6.45, 7) is 3.60. The smallest absolute Gasteiger partial charge is 0.398 e. The molecule has 0 bridgehead atoms. The molecule has 0 radical (unpaired) electrons. The summed E-state index contributed by atoms with van der Waals surface area (Å²) in [4.78, 5) is 50.3. The Kier molecular flexibility index (Phi) is 16.4. The Morgan fingerprint density at radius 1 is 0.586 bits per heavy atom. The summed E-state index contributed by atoms with van der Waals surface area (Å²) in [5.41, 5.74) is -9.99. The fraction of sp³-hybridized carbons (Fsp3) is 0.421. The molecule has 0 atom stereocenters. The summed E-state index contributed by atoms with van der Waals surface area (Å²) in [5, 5.41) is 6.99. The normalized spacial score (nSPS) is 15.1. The van der Waals surface area contributed by atoms with Crippen molar-refractivity contribution in [2.24, 2.45) is 0 Å². The van der Waals surface area contributed by atoms with Gasteiger partial charge < -0.3 is 19.3 Å². The Labute approximate surface area is 390 Å². The van der Waals surface area contributed by atoms with Gasteiger partial charge in [0.1, 0.15) is 40.2 Å². The van der Waals surface area contributed by atoms with Crippen LogP contribution in [0.4, 0.5) is 70.2 Å². The lowest BCUT2D eigenvalue weighted by atomic mass is 9.85. The maximum absolute atomic E-state index is 13.4. The molecule has 1 saturated heterocycles. The molecule has 6 aromatic rings. The van der Waals surface area contributed by atoms with Gasteiger partial charge in [-0.2, -0.15) is 80.4 Å². The molecular weight excluding hydrogens is 1060 g/mol. The van der Waals surface area contributed by atoms with Crippen LogP contribution in [0.1, 0.15) is 53.9 Å². The van der Waals surface area contributed by atoms with Gasteiger partial charge in [-0.05, 0) is 55.8 Å². The molecule has 0 aromatic carbocycles. The van der Waals surface area contributed by atoms with E-state index in [0.29, 0.717) is 21.3 Å².